The van der Waals surface area contributed by atoms with Crippen molar-refractivity contribution in [3.63, 3.8) is 0 Å². The normalized spacial score (nSPS) is 17.0. The summed E-state index contributed by atoms with van der Waals surface area (Å²) in [6.07, 6.45) is 1.09. The maximum atomic E-state index is 13.6. The average molecular weight is 337 g/mol. The summed E-state index contributed by atoms with van der Waals surface area (Å²) in [5.74, 6) is 0.493. The highest BCUT2D eigenvalue weighted by Gasteiger charge is 2.24. The van der Waals surface area contributed by atoms with E-state index in [0.29, 0.717) is 12.0 Å². The molecule has 1 aliphatic heterocycles. The van der Waals surface area contributed by atoms with Crippen LogP contribution in [0.25, 0.3) is 0 Å². The summed E-state index contributed by atoms with van der Waals surface area (Å²) in [4.78, 5) is 2.50. The van der Waals surface area contributed by atoms with E-state index in [-0.39, 0.29) is 30.6 Å². The van der Waals surface area contributed by atoms with Gasteiger partial charge in [-0.1, -0.05) is 19.9 Å². The largest absolute Gasteiger partial charge is 0.314 e. The van der Waals surface area contributed by atoms with Gasteiger partial charge in [0, 0.05) is 32.2 Å². The first-order valence-electron chi connectivity index (χ1n) is 7.28. The molecule has 1 aromatic carbocycles. The lowest BCUT2D eigenvalue weighted by Gasteiger charge is -2.37. The fourth-order valence-corrected chi connectivity index (χ4v) is 2.88. The molecule has 1 atom stereocenters. The highest BCUT2D eigenvalue weighted by molar-refractivity contribution is 5.85. The third-order valence-electron chi connectivity index (χ3n) is 3.89. The summed E-state index contributed by atoms with van der Waals surface area (Å²) < 4.78 is 13.6. The summed E-state index contributed by atoms with van der Waals surface area (Å²) in [5, 5.41) is 3.38. The van der Waals surface area contributed by atoms with Gasteiger partial charge in [0.1, 0.15) is 5.82 Å². The summed E-state index contributed by atoms with van der Waals surface area (Å²) in [6.45, 7) is 10.7. The molecule has 0 bridgehead atoms. The third-order valence-corrected chi connectivity index (χ3v) is 3.89. The Morgan fingerprint density at radius 3 is 2.38 bits per heavy atom. The molecule has 0 amide bonds. The van der Waals surface area contributed by atoms with Crippen molar-refractivity contribution in [2.24, 2.45) is 5.92 Å². The van der Waals surface area contributed by atoms with Crippen molar-refractivity contribution in [2.45, 2.75) is 33.2 Å². The van der Waals surface area contributed by atoms with E-state index in [1.807, 2.05) is 6.07 Å². The number of hydrogen-bond acceptors (Lipinski definition) is 2. The summed E-state index contributed by atoms with van der Waals surface area (Å²) >= 11 is 0. The molecule has 2 rings (SSSR count). The predicted molar refractivity (Wildman–Crippen MR) is 92.3 cm³/mol. The van der Waals surface area contributed by atoms with Gasteiger partial charge in [-0.15, -0.1) is 24.8 Å². The summed E-state index contributed by atoms with van der Waals surface area (Å²) in [7, 11) is 0. The highest BCUT2D eigenvalue weighted by atomic mass is 35.5. The minimum Gasteiger partial charge on any atom is -0.314 e. The molecule has 0 saturated carbocycles. The first-order valence-corrected chi connectivity index (χ1v) is 7.28. The molecular formula is C16H27Cl2FN2. The highest BCUT2D eigenvalue weighted by Crippen LogP contribution is 2.30. The van der Waals surface area contributed by atoms with E-state index in [2.05, 4.69) is 31.0 Å². The molecule has 2 nitrogen and oxygen atoms in total. The molecule has 1 fully saturated rings. The topological polar surface area (TPSA) is 15.3 Å². The number of halogens is 3. The Morgan fingerprint density at radius 2 is 1.81 bits per heavy atom. The monoisotopic (exact) mass is 336 g/mol. The minimum absolute atomic E-state index is 0. The lowest BCUT2D eigenvalue weighted by molar-refractivity contribution is 0.153. The zero-order valence-corrected chi connectivity index (χ0v) is 14.7. The van der Waals surface area contributed by atoms with Crippen molar-refractivity contribution in [3.05, 3.63) is 35.1 Å². The van der Waals surface area contributed by atoms with E-state index >= 15 is 0 Å². The maximum absolute atomic E-state index is 13.6. The van der Waals surface area contributed by atoms with Crippen LogP contribution in [0, 0.1) is 18.7 Å². The molecule has 0 aromatic heterocycles. The van der Waals surface area contributed by atoms with Crippen LogP contribution < -0.4 is 5.32 Å². The van der Waals surface area contributed by atoms with Crippen LogP contribution in [-0.4, -0.2) is 31.1 Å². The van der Waals surface area contributed by atoms with Gasteiger partial charge in [0.05, 0.1) is 0 Å². The smallest absolute Gasteiger partial charge is 0.123 e. The van der Waals surface area contributed by atoms with Gasteiger partial charge in [0.2, 0.25) is 0 Å². The second-order valence-electron chi connectivity index (χ2n) is 5.93. The Balaban J connectivity index is 0.00000200. The molecule has 5 heteroatoms. The van der Waals surface area contributed by atoms with Crippen molar-refractivity contribution in [3.8, 4) is 0 Å². The standard InChI is InChI=1S/C16H25FN2.2ClH/c1-12(2)10-16(19-8-6-18-7-9-19)15-11-14(17)5-4-13(15)3;;/h4-5,11-12,16,18H,6-10H2,1-3H3;2*1H/t16-;;/m1../s1. The minimum atomic E-state index is -0.121. The van der Waals surface area contributed by atoms with E-state index in [4.69, 9.17) is 0 Å². The Bertz CT molecular complexity index is 421. The van der Waals surface area contributed by atoms with Crippen molar-refractivity contribution in [1.29, 1.82) is 0 Å². The second-order valence-corrected chi connectivity index (χ2v) is 5.93. The van der Waals surface area contributed by atoms with Crippen molar-refractivity contribution < 1.29 is 4.39 Å². The number of hydrogen-bond donors (Lipinski definition) is 1. The van der Waals surface area contributed by atoms with Gasteiger partial charge in [0.15, 0.2) is 0 Å². The van der Waals surface area contributed by atoms with Crippen molar-refractivity contribution in [2.75, 3.05) is 26.2 Å². The molecule has 0 spiro atoms. The fraction of sp³-hybridized carbons (Fsp3) is 0.625. The third kappa shape index (κ3) is 5.74. The van der Waals surface area contributed by atoms with Gasteiger partial charge >= 0.3 is 0 Å². The van der Waals surface area contributed by atoms with Gasteiger partial charge in [0.25, 0.3) is 0 Å². The lowest BCUT2D eigenvalue weighted by Crippen LogP contribution is -2.45. The van der Waals surface area contributed by atoms with Crippen LogP contribution in [0.2, 0.25) is 0 Å². The molecule has 1 aliphatic rings. The summed E-state index contributed by atoms with van der Waals surface area (Å²) in [6, 6.07) is 5.53. The zero-order valence-electron chi connectivity index (χ0n) is 13.1. The van der Waals surface area contributed by atoms with Gasteiger partial charge in [-0.25, -0.2) is 4.39 Å². The molecule has 1 aromatic rings. The number of benzene rings is 1. The van der Waals surface area contributed by atoms with Crippen LogP contribution in [0.1, 0.15) is 37.4 Å². The maximum Gasteiger partial charge on any atom is 0.123 e. The fourth-order valence-electron chi connectivity index (χ4n) is 2.88. The number of piperazine rings is 1. The lowest BCUT2D eigenvalue weighted by atomic mass is 9.92. The molecule has 0 aliphatic carbocycles. The van der Waals surface area contributed by atoms with Gasteiger partial charge in [-0.05, 0) is 42.5 Å². The van der Waals surface area contributed by atoms with Crippen molar-refractivity contribution in [1.82, 2.24) is 10.2 Å². The molecule has 1 N–H and O–H groups in total. The Labute approximate surface area is 140 Å². The van der Waals surface area contributed by atoms with Crippen LogP contribution in [0.4, 0.5) is 4.39 Å². The molecule has 0 unspecified atom stereocenters. The quantitative estimate of drug-likeness (QED) is 0.894. The molecular weight excluding hydrogens is 310 g/mol. The summed E-state index contributed by atoms with van der Waals surface area (Å²) in [5.41, 5.74) is 2.36. The SMILES string of the molecule is Cc1ccc(F)cc1[C@@H](CC(C)C)N1CCNCC1.Cl.Cl. The Hall–Kier alpha value is -0.350. The van der Waals surface area contributed by atoms with Crippen LogP contribution in [-0.2, 0) is 0 Å². The number of nitrogens with zero attached hydrogens (tertiary/aromatic N) is 1. The molecule has 1 saturated heterocycles. The number of nitrogens with one attached hydrogen (secondary N) is 1. The van der Waals surface area contributed by atoms with E-state index in [0.717, 1.165) is 38.2 Å². The van der Waals surface area contributed by atoms with Crippen LogP contribution in [0.3, 0.4) is 0 Å². The van der Waals surface area contributed by atoms with Gasteiger partial charge in [-0.3, -0.25) is 4.90 Å². The van der Waals surface area contributed by atoms with E-state index in [1.165, 1.54) is 5.56 Å². The van der Waals surface area contributed by atoms with E-state index in [1.54, 1.807) is 12.1 Å². The molecule has 0 radical (unpaired) electrons. The predicted octanol–water partition coefficient (Wildman–Crippen LogP) is 3.97. The Morgan fingerprint density at radius 1 is 1.19 bits per heavy atom. The first-order chi connectivity index (χ1) is 9.08. The van der Waals surface area contributed by atoms with Crippen LogP contribution in [0.5, 0.6) is 0 Å². The van der Waals surface area contributed by atoms with E-state index < -0.39 is 0 Å². The van der Waals surface area contributed by atoms with E-state index in [9.17, 15) is 4.39 Å². The number of aryl methyl sites for hydroxylation is 1. The average Bonchev–Trinajstić information content (AvgIpc) is 2.40. The molecule has 1 heterocycles. The van der Waals surface area contributed by atoms with Crippen LogP contribution in [0.15, 0.2) is 18.2 Å². The first kappa shape index (κ1) is 20.6. The zero-order chi connectivity index (χ0) is 13.8. The second kappa shape index (κ2) is 9.62. The molecule has 21 heavy (non-hydrogen) atoms. The Kier molecular flexibility index (Phi) is 9.46. The van der Waals surface area contributed by atoms with Crippen molar-refractivity contribution >= 4 is 24.8 Å². The van der Waals surface area contributed by atoms with Crippen LogP contribution >= 0.6 is 24.8 Å². The van der Waals surface area contributed by atoms with Gasteiger partial charge in [-0.2, -0.15) is 0 Å². The number of rotatable bonds is 4. The molecule has 122 valence electrons. The van der Waals surface area contributed by atoms with Gasteiger partial charge < -0.3 is 5.32 Å².